The minimum absolute atomic E-state index is 0.441. The van der Waals surface area contributed by atoms with Crippen molar-refractivity contribution >= 4 is 40.1 Å². The highest BCUT2D eigenvalue weighted by atomic mass is 35.5. The Bertz CT molecular complexity index is 723. The standard InChI is InChI=1S/C15H14ClN3OS/c16-11-1-2-13-12(6-11)10(7-17)5-14(19-13)18-8-15(20)3-4-21-9-15/h1-2,5-6,20H,3-4,8-9H2,(H,18,19)/t15-/m0/s1. The maximum Gasteiger partial charge on any atom is 0.128 e. The number of halogens is 1. The predicted octanol–water partition coefficient (Wildman–Crippen LogP) is 3.04. The van der Waals surface area contributed by atoms with E-state index in [2.05, 4.69) is 16.4 Å². The number of thioether (sulfide) groups is 1. The van der Waals surface area contributed by atoms with E-state index in [1.165, 1.54) is 0 Å². The van der Waals surface area contributed by atoms with Gasteiger partial charge in [0.15, 0.2) is 0 Å². The van der Waals surface area contributed by atoms with Crippen LogP contribution in [0.4, 0.5) is 5.82 Å². The van der Waals surface area contributed by atoms with E-state index < -0.39 is 5.60 Å². The molecule has 4 nitrogen and oxygen atoms in total. The average Bonchev–Trinajstić information content (AvgIpc) is 2.92. The molecule has 1 atom stereocenters. The summed E-state index contributed by atoms with van der Waals surface area (Å²) in [5.74, 6) is 2.31. The Morgan fingerprint density at radius 2 is 2.33 bits per heavy atom. The monoisotopic (exact) mass is 319 g/mol. The fourth-order valence-corrected chi connectivity index (χ4v) is 3.84. The maximum atomic E-state index is 10.3. The minimum Gasteiger partial charge on any atom is -0.387 e. The molecule has 0 bridgehead atoms. The Labute approximate surface area is 132 Å². The number of fused-ring (bicyclic) bond motifs is 1. The van der Waals surface area contributed by atoms with Crippen LogP contribution in [-0.4, -0.2) is 33.7 Å². The second kappa shape index (κ2) is 5.72. The summed E-state index contributed by atoms with van der Waals surface area (Å²) in [5.41, 5.74) is 0.556. The largest absolute Gasteiger partial charge is 0.387 e. The molecule has 2 N–H and O–H groups in total. The third kappa shape index (κ3) is 3.08. The van der Waals surface area contributed by atoms with Gasteiger partial charge in [0.05, 0.1) is 22.8 Å². The molecule has 1 aromatic carbocycles. The van der Waals surface area contributed by atoms with E-state index in [0.717, 1.165) is 23.3 Å². The van der Waals surface area contributed by atoms with Gasteiger partial charge in [0.25, 0.3) is 0 Å². The van der Waals surface area contributed by atoms with Gasteiger partial charge in [0, 0.05) is 22.7 Å². The fraction of sp³-hybridized carbons (Fsp3) is 0.333. The quantitative estimate of drug-likeness (QED) is 0.910. The summed E-state index contributed by atoms with van der Waals surface area (Å²) in [5, 5.41) is 24.1. The van der Waals surface area contributed by atoms with Crippen LogP contribution in [0.15, 0.2) is 24.3 Å². The van der Waals surface area contributed by atoms with Crippen LogP contribution in [0.3, 0.4) is 0 Å². The molecule has 0 aliphatic carbocycles. The summed E-state index contributed by atoms with van der Waals surface area (Å²) in [7, 11) is 0. The molecule has 0 saturated carbocycles. The fourth-order valence-electron chi connectivity index (χ4n) is 2.37. The number of benzene rings is 1. The van der Waals surface area contributed by atoms with Gasteiger partial charge in [-0.15, -0.1) is 0 Å². The van der Waals surface area contributed by atoms with Crippen LogP contribution in [0.2, 0.25) is 5.02 Å². The van der Waals surface area contributed by atoms with E-state index in [1.807, 2.05) is 0 Å². The number of aliphatic hydroxyl groups is 1. The molecule has 1 aliphatic rings. The van der Waals surface area contributed by atoms with Crippen LogP contribution in [0.5, 0.6) is 0 Å². The van der Waals surface area contributed by atoms with Gasteiger partial charge in [0.2, 0.25) is 0 Å². The lowest BCUT2D eigenvalue weighted by molar-refractivity contribution is 0.0819. The summed E-state index contributed by atoms with van der Waals surface area (Å²) in [6, 6.07) is 9.16. The molecule has 108 valence electrons. The minimum atomic E-state index is -0.686. The molecular formula is C15H14ClN3OS. The first kappa shape index (κ1) is 14.5. The average molecular weight is 320 g/mol. The first-order valence-corrected chi connectivity index (χ1v) is 8.17. The van der Waals surface area contributed by atoms with Crippen molar-refractivity contribution in [2.75, 3.05) is 23.4 Å². The van der Waals surface area contributed by atoms with E-state index in [-0.39, 0.29) is 0 Å². The smallest absolute Gasteiger partial charge is 0.128 e. The van der Waals surface area contributed by atoms with Crippen molar-refractivity contribution in [2.45, 2.75) is 12.0 Å². The van der Waals surface area contributed by atoms with Crippen molar-refractivity contribution in [3.05, 3.63) is 34.9 Å². The summed E-state index contributed by atoms with van der Waals surface area (Å²) < 4.78 is 0. The second-order valence-electron chi connectivity index (χ2n) is 5.21. The van der Waals surface area contributed by atoms with Gasteiger partial charge < -0.3 is 10.4 Å². The Hall–Kier alpha value is -1.48. The van der Waals surface area contributed by atoms with Gasteiger partial charge >= 0.3 is 0 Å². The van der Waals surface area contributed by atoms with Crippen molar-refractivity contribution in [2.24, 2.45) is 0 Å². The van der Waals surface area contributed by atoms with E-state index in [9.17, 15) is 10.4 Å². The zero-order valence-electron chi connectivity index (χ0n) is 11.3. The molecule has 1 fully saturated rings. The van der Waals surface area contributed by atoms with Crippen molar-refractivity contribution in [1.29, 1.82) is 5.26 Å². The Morgan fingerprint density at radius 1 is 1.48 bits per heavy atom. The third-order valence-electron chi connectivity index (χ3n) is 3.57. The highest BCUT2D eigenvalue weighted by Crippen LogP contribution is 2.29. The molecule has 3 rings (SSSR count). The highest BCUT2D eigenvalue weighted by molar-refractivity contribution is 7.99. The summed E-state index contributed by atoms with van der Waals surface area (Å²) in [6.07, 6.45) is 0.777. The Balaban J connectivity index is 1.89. The summed E-state index contributed by atoms with van der Waals surface area (Å²) in [6.45, 7) is 0.441. The van der Waals surface area contributed by atoms with Crippen molar-refractivity contribution in [1.82, 2.24) is 4.98 Å². The lowest BCUT2D eigenvalue weighted by Gasteiger charge is -2.22. The number of rotatable bonds is 3. The van der Waals surface area contributed by atoms with Crippen LogP contribution >= 0.6 is 23.4 Å². The molecule has 2 heterocycles. The predicted molar refractivity (Wildman–Crippen MR) is 86.8 cm³/mol. The van der Waals surface area contributed by atoms with Gasteiger partial charge in [0.1, 0.15) is 5.82 Å². The normalized spacial score (nSPS) is 21.4. The summed E-state index contributed by atoms with van der Waals surface area (Å²) >= 11 is 7.72. The van der Waals surface area contributed by atoms with Gasteiger partial charge in [-0.05, 0) is 36.4 Å². The molecule has 1 saturated heterocycles. The number of hydrogen-bond acceptors (Lipinski definition) is 5. The van der Waals surface area contributed by atoms with Crippen molar-refractivity contribution < 1.29 is 5.11 Å². The topological polar surface area (TPSA) is 68.9 Å². The van der Waals surface area contributed by atoms with Crippen LogP contribution in [0, 0.1) is 11.3 Å². The van der Waals surface area contributed by atoms with E-state index in [0.29, 0.717) is 28.5 Å². The lowest BCUT2D eigenvalue weighted by Crippen LogP contribution is -2.36. The van der Waals surface area contributed by atoms with Crippen LogP contribution in [-0.2, 0) is 0 Å². The van der Waals surface area contributed by atoms with Gasteiger partial charge in [-0.25, -0.2) is 4.98 Å². The molecule has 1 aliphatic heterocycles. The Morgan fingerprint density at radius 3 is 3.05 bits per heavy atom. The zero-order chi connectivity index (χ0) is 14.9. The van der Waals surface area contributed by atoms with Gasteiger partial charge in [-0.1, -0.05) is 11.6 Å². The number of nitrogens with zero attached hydrogens (tertiary/aromatic N) is 2. The molecule has 0 amide bonds. The Kier molecular flexibility index (Phi) is 3.94. The van der Waals surface area contributed by atoms with E-state index >= 15 is 0 Å². The molecule has 6 heteroatoms. The summed E-state index contributed by atoms with van der Waals surface area (Å²) in [4.78, 5) is 4.48. The molecule has 21 heavy (non-hydrogen) atoms. The molecule has 1 aromatic heterocycles. The first-order chi connectivity index (χ1) is 10.1. The molecule has 0 radical (unpaired) electrons. The SMILES string of the molecule is N#Cc1cc(NC[C@@]2(O)CCSC2)nc2ccc(Cl)cc12. The number of hydrogen-bond donors (Lipinski definition) is 2. The van der Waals surface area contributed by atoms with Crippen molar-refractivity contribution in [3.8, 4) is 6.07 Å². The zero-order valence-corrected chi connectivity index (χ0v) is 12.8. The van der Waals surface area contributed by atoms with Crippen LogP contribution < -0.4 is 5.32 Å². The highest BCUT2D eigenvalue weighted by Gasteiger charge is 2.31. The van der Waals surface area contributed by atoms with Crippen LogP contribution in [0.25, 0.3) is 10.9 Å². The molecule has 0 spiro atoms. The molecule has 0 unspecified atom stereocenters. The number of pyridine rings is 1. The van der Waals surface area contributed by atoms with Gasteiger partial charge in [-0.2, -0.15) is 17.0 Å². The molecule has 2 aromatic rings. The maximum absolute atomic E-state index is 10.3. The number of nitrogens with one attached hydrogen (secondary N) is 1. The van der Waals surface area contributed by atoms with Crippen molar-refractivity contribution in [3.63, 3.8) is 0 Å². The second-order valence-corrected chi connectivity index (χ2v) is 6.75. The molecular weight excluding hydrogens is 306 g/mol. The third-order valence-corrected chi connectivity index (χ3v) is 5.04. The first-order valence-electron chi connectivity index (χ1n) is 6.64. The lowest BCUT2D eigenvalue weighted by atomic mass is 10.0. The number of aromatic nitrogens is 1. The number of anilines is 1. The number of nitriles is 1. The van der Waals surface area contributed by atoms with E-state index in [4.69, 9.17) is 11.6 Å². The van der Waals surface area contributed by atoms with Crippen LogP contribution in [0.1, 0.15) is 12.0 Å². The van der Waals surface area contributed by atoms with Gasteiger partial charge in [-0.3, -0.25) is 0 Å². The van der Waals surface area contributed by atoms with E-state index in [1.54, 1.807) is 36.0 Å².